The zero-order valence-electron chi connectivity index (χ0n) is 18.0. The summed E-state index contributed by atoms with van der Waals surface area (Å²) in [4.78, 5) is 23.7. The first kappa shape index (κ1) is 23.3. The van der Waals surface area contributed by atoms with Gasteiger partial charge in [0.05, 0.1) is 6.42 Å². The van der Waals surface area contributed by atoms with Crippen LogP contribution in [0.3, 0.4) is 0 Å². The van der Waals surface area contributed by atoms with Gasteiger partial charge in [0, 0.05) is 17.9 Å². The zero-order valence-corrected chi connectivity index (χ0v) is 18.0. The van der Waals surface area contributed by atoms with Crippen LogP contribution in [-0.2, 0) is 16.0 Å². The van der Waals surface area contributed by atoms with Crippen LogP contribution in [0.5, 0.6) is 0 Å². The number of carboxylic acid groups (broad SMARTS) is 1. The number of anilines is 2. The Hall–Kier alpha value is -3.02. The van der Waals surface area contributed by atoms with Crippen LogP contribution in [0.25, 0.3) is 0 Å². The molecule has 0 saturated carbocycles. The third-order valence-electron chi connectivity index (χ3n) is 4.93. The molecule has 0 bridgehead atoms. The maximum Gasteiger partial charge on any atom is 0.506 e. The van der Waals surface area contributed by atoms with Crippen LogP contribution >= 0.6 is 0 Å². The molecule has 0 saturated heterocycles. The maximum atomic E-state index is 12.6. The lowest BCUT2D eigenvalue weighted by Crippen LogP contribution is -2.25. The van der Waals surface area contributed by atoms with Gasteiger partial charge in [-0.05, 0) is 61.9 Å². The van der Waals surface area contributed by atoms with Gasteiger partial charge in [0.15, 0.2) is 0 Å². The molecule has 30 heavy (non-hydrogen) atoms. The number of hydrogen-bond acceptors (Lipinski definition) is 4. The number of hydrogen-bond donors (Lipinski definition) is 3. The summed E-state index contributed by atoms with van der Waals surface area (Å²) in [5, 5.41) is 15.4. The van der Waals surface area contributed by atoms with Crippen LogP contribution in [-0.4, -0.2) is 29.8 Å². The van der Waals surface area contributed by atoms with Crippen molar-refractivity contribution in [1.29, 1.82) is 0 Å². The molecule has 2 aromatic rings. The fourth-order valence-electron chi connectivity index (χ4n) is 3.39. The molecule has 0 spiro atoms. The highest BCUT2D eigenvalue weighted by atomic mass is 16.7. The highest BCUT2D eigenvalue weighted by molar-refractivity contribution is 5.93. The van der Waals surface area contributed by atoms with E-state index in [0.717, 1.165) is 47.5 Å². The summed E-state index contributed by atoms with van der Waals surface area (Å²) < 4.78 is 4.96. The zero-order chi connectivity index (χ0) is 21.9. The maximum absolute atomic E-state index is 12.6. The van der Waals surface area contributed by atoms with Crippen molar-refractivity contribution in [3.63, 3.8) is 0 Å². The summed E-state index contributed by atoms with van der Waals surface area (Å²) in [5.41, 5.74) is 4.80. The standard InChI is InChI=1S/C24H32N2O4/c1-4-5-13-25-20-14-17(2)23(18(3)15-20)26-22(27)16-21(30-24(28)29)12-11-19-9-7-6-8-10-19/h6-10,14-15,21,25H,4-5,11-13,16H2,1-3H3,(H,26,27)(H,28,29). The Balaban J connectivity index is 1.99. The van der Waals surface area contributed by atoms with E-state index in [4.69, 9.17) is 9.84 Å². The van der Waals surface area contributed by atoms with E-state index in [2.05, 4.69) is 17.6 Å². The number of unbranched alkanes of at least 4 members (excludes halogenated alkanes) is 1. The number of aryl methyl sites for hydroxylation is 3. The molecule has 0 aliphatic heterocycles. The van der Waals surface area contributed by atoms with E-state index in [1.165, 1.54) is 0 Å². The quantitative estimate of drug-likeness (QED) is 0.333. The van der Waals surface area contributed by atoms with Gasteiger partial charge in [-0.1, -0.05) is 43.7 Å². The summed E-state index contributed by atoms with van der Waals surface area (Å²) in [6.07, 6.45) is 1.24. The molecule has 0 aromatic heterocycles. The molecule has 2 rings (SSSR count). The van der Waals surface area contributed by atoms with Crippen molar-refractivity contribution in [1.82, 2.24) is 0 Å². The molecule has 0 heterocycles. The SMILES string of the molecule is CCCCNc1cc(C)c(NC(=O)CC(CCc2ccccc2)OC(=O)O)c(C)c1. The Bertz CT molecular complexity index is 813. The number of amides is 1. The predicted octanol–water partition coefficient (Wildman–Crippen LogP) is 5.54. The van der Waals surface area contributed by atoms with Gasteiger partial charge in [0.25, 0.3) is 0 Å². The monoisotopic (exact) mass is 412 g/mol. The van der Waals surface area contributed by atoms with Gasteiger partial charge in [-0.25, -0.2) is 4.79 Å². The number of benzene rings is 2. The average molecular weight is 413 g/mol. The predicted molar refractivity (Wildman–Crippen MR) is 120 cm³/mol. The lowest BCUT2D eigenvalue weighted by molar-refractivity contribution is -0.118. The number of carbonyl (C=O) groups excluding carboxylic acids is 1. The molecule has 6 nitrogen and oxygen atoms in total. The van der Waals surface area contributed by atoms with E-state index < -0.39 is 12.3 Å². The third-order valence-corrected chi connectivity index (χ3v) is 4.93. The summed E-state index contributed by atoms with van der Waals surface area (Å²) in [6, 6.07) is 13.8. The molecule has 0 aliphatic rings. The number of nitrogens with one attached hydrogen (secondary N) is 2. The summed E-state index contributed by atoms with van der Waals surface area (Å²) in [7, 11) is 0. The number of carbonyl (C=O) groups is 2. The molecule has 2 aromatic carbocycles. The van der Waals surface area contributed by atoms with Crippen LogP contribution in [0, 0.1) is 13.8 Å². The summed E-state index contributed by atoms with van der Waals surface area (Å²) >= 11 is 0. The van der Waals surface area contributed by atoms with Gasteiger partial charge < -0.3 is 20.5 Å². The van der Waals surface area contributed by atoms with Crippen molar-refractivity contribution in [3.05, 3.63) is 59.2 Å². The normalized spacial score (nSPS) is 11.6. The van der Waals surface area contributed by atoms with Crippen molar-refractivity contribution in [2.24, 2.45) is 0 Å². The highest BCUT2D eigenvalue weighted by Crippen LogP contribution is 2.25. The molecule has 6 heteroatoms. The largest absolute Gasteiger partial charge is 0.506 e. The van der Waals surface area contributed by atoms with Crippen molar-refractivity contribution >= 4 is 23.4 Å². The first-order valence-corrected chi connectivity index (χ1v) is 10.5. The number of ether oxygens (including phenoxy) is 1. The molecule has 1 amide bonds. The Morgan fingerprint density at radius 1 is 1.10 bits per heavy atom. The summed E-state index contributed by atoms with van der Waals surface area (Å²) in [6.45, 7) is 6.97. The Morgan fingerprint density at radius 2 is 1.77 bits per heavy atom. The molecule has 0 radical (unpaired) electrons. The fourth-order valence-corrected chi connectivity index (χ4v) is 3.39. The fraction of sp³-hybridized carbons (Fsp3) is 0.417. The summed E-state index contributed by atoms with van der Waals surface area (Å²) in [5.74, 6) is -0.257. The van der Waals surface area contributed by atoms with Crippen molar-refractivity contribution < 1.29 is 19.4 Å². The topological polar surface area (TPSA) is 87.7 Å². The van der Waals surface area contributed by atoms with E-state index in [1.807, 2.05) is 56.3 Å². The van der Waals surface area contributed by atoms with Crippen LogP contribution in [0.15, 0.2) is 42.5 Å². The molecule has 1 atom stereocenters. The van der Waals surface area contributed by atoms with Crippen LogP contribution in [0.2, 0.25) is 0 Å². The van der Waals surface area contributed by atoms with E-state index in [1.54, 1.807) is 0 Å². The van der Waals surface area contributed by atoms with Gasteiger partial charge in [0.1, 0.15) is 6.10 Å². The van der Waals surface area contributed by atoms with Crippen LogP contribution in [0.4, 0.5) is 16.2 Å². The molecule has 0 fully saturated rings. The van der Waals surface area contributed by atoms with Gasteiger partial charge in [-0.3, -0.25) is 4.79 Å². The Kier molecular flexibility index (Phi) is 9.19. The lowest BCUT2D eigenvalue weighted by atomic mass is 10.0. The lowest BCUT2D eigenvalue weighted by Gasteiger charge is -2.18. The second-order valence-corrected chi connectivity index (χ2v) is 7.55. The molecule has 1 unspecified atom stereocenters. The van der Waals surface area contributed by atoms with E-state index in [9.17, 15) is 9.59 Å². The van der Waals surface area contributed by atoms with Crippen molar-refractivity contribution in [2.45, 2.75) is 59.0 Å². The molecule has 0 aliphatic carbocycles. The Morgan fingerprint density at radius 3 is 2.37 bits per heavy atom. The minimum absolute atomic E-state index is 0.0193. The van der Waals surface area contributed by atoms with Gasteiger partial charge >= 0.3 is 6.16 Å². The highest BCUT2D eigenvalue weighted by Gasteiger charge is 2.19. The Labute approximate surface area is 178 Å². The van der Waals surface area contributed by atoms with Crippen LogP contribution < -0.4 is 10.6 Å². The molecule has 3 N–H and O–H groups in total. The van der Waals surface area contributed by atoms with E-state index >= 15 is 0 Å². The first-order chi connectivity index (χ1) is 14.4. The van der Waals surface area contributed by atoms with Crippen molar-refractivity contribution in [3.8, 4) is 0 Å². The van der Waals surface area contributed by atoms with E-state index in [0.29, 0.717) is 12.8 Å². The number of rotatable bonds is 11. The van der Waals surface area contributed by atoms with Gasteiger partial charge in [0.2, 0.25) is 5.91 Å². The average Bonchev–Trinajstić information content (AvgIpc) is 2.69. The molecular weight excluding hydrogens is 380 g/mol. The third kappa shape index (κ3) is 7.78. The second kappa shape index (κ2) is 11.9. The minimum atomic E-state index is -1.37. The van der Waals surface area contributed by atoms with Crippen LogP contribution in [0.1, 0.15) is 49.3 Å². The smallest absolute Gasteiger partial charge is 0.450 e. The van der Waals surface area contributed by atoms with Gasteiger partial charge in [-0.2, -0.15) is 0 Å². The van der Waals surface area contributed by atoms with E-state index in [-0.39, 0.29) is 12.3 Å². The minimum Gasteiger partial charge on any atom is -0.450 e. The molecular formula is C24H32N2O4. The first-order valence-electron chi connectivity index (χ1n) is 10.5. The van der Waals surface area contributed by atoms with Crippen molar-refractivity contribution in [2.75, 3.05) is 17.2 Å². The van der Waals surface area contributed by atoms with Gasteiger partial charge in [-0.15, -0.1) is 0 Å². The molecule has 162 valence electrons. The second-order valence-electron chi connectivity index (χ2n) is 7.55.